The second kappa shape index (κ2) is 4.44. The van der Waals surface area contributed by atoms with Gasteiger partial charge in [0, 0.05) is 0 Å². The molecule has 0 unspecified atom stereocenters. The van der Waals surface area contributed by atoms with Gasteiger partial charge in [-0.3, -0.25) is 0 Å². The number of rotatable bonds is 2. The minimum absolute atomic E-state index is 0.244. The Morgan fingerprint density at radius 1 is 1.58 bits per heavy atom. The minimum atomic E-state index is -1.64. The molecule has 3 rings (SSSR count). The van der Waals surface area contributed by atoms with Crippen molar-refractivity contribution in [3.8, 4) is 0 Å². The molecule has 3 heterocycles. The number of ether oxygens (including phenoxy) is 1. The number of anilines is 3. The highest BCUT2D eigenvalue weighted by molar-refractivity contribution is 5.80. The first-order chi connectivity index (χ1) is 9.13. The maximum absolute atomic E-state index is 14.0. The summed E-state index contributed by atoms with van der Waals surface area (Å²) in [5, 5.41) is 21.6. The average molecular weight is 271 g/mol. The van der Waals surface area contributed by atoms with Gasteiger partial charge in [0.05, 0.1) is 13.3 Å². The number of nitrogens with two attached hydrogens (primary N) is 1. The van der Waals surface area contributed by atoms with Crippen LogP contribution in [0.3, 0.4) is 0 Å². The number of nitrogens with one attached hydrogen (secondary N) is 1. The van der Waals surface area contributed by atoms with E-state index in [1.54, 1.807) is 0 Å². The molecule has 19 heavy (non-hydrogen) atoms. The second-order valence-electron chi connectivity index (χ2n) is 4.44. The topological polar surface area (TPSA) is 117 Å². The van der Waals surface area contributed by atoms with Crippen LogP contribution in [-0.2, 0) is 4.74 Å². The first-order valence-corrected chi connectivity index (χ1v) is 5.83. The molecule has 0 aliphatic carbocycles. The van der Waals surface area contributed by atoms with Gasteiger partial charge in [-0.15, -0.1) is 0 Å². The highest BCUT2D eigenvalue weighted by Crippen LogP contribution is 2.37. The van der Waals surface area contributed by atoms with Crippen molar-refractivity contribution in [3.63, 3.8) is 0 Å². The van der Waals surface area contributed by atoms with Crippen LogP contribution < -0.4 is 16.0 Å². The van der Waals surface area contributed by atoms with E-state index in [-0.39, 0.29) is 12.5 Å². The lowest BCUT2D eigenvalue weighted by atomic mass is 10.1. The molecule has 5 N–H and O–H groups in total. The number of hydrogen-bond acceptors (Lipinski definition) is 8. The molecule has 0 saturated carbocycles. The molecule has 0 spiro atoms. The second-order valence-corrected chi connectivity index (χ2v) is 4.44. The van der Waals surface area contributed by atoms with Gasteiger partial charge in [-0.2, -0.15) is 0 Å². The van der Waals surface area contributed by atoms with Crippen LogP contribution in [0.15, 0.2) is 6.33 Å². The van der Waals surface area contributed by atoms with Crippen molar-refractivity contribution < 1.29 is 19.3 Å². The normalized spacial score (nSPS) is 33.3. The lowest BCUT2D eigenvalue weighted by Crippen LogP contribution is -2.42. The Labute approximate surface area is 108 Å². The van der Waals surface area contributed by atoms with E-state index in [1.807, 2.05) is 0 Å². The maximum atomic E-state index is 14.0. The predicted octanol–water partition coefficient (Wildman–Crippen LogP) is -1.34. The van der Waals surface area contributed by atoms with E-state index in [4.69, 9.17) is 15.6 Å². The van der Waals surface area contributed by atoms with Gasteiger partial charge in [0.25, 0.3) is 0 Å². The highest BCUT2D eigenvalue weighted by Gasteiger charge is 2.48. The zero-order valence-corrected chi connectivity index (χ0v) is 9.90. The van der Waals surface area contributed by atoms with Crippen LogP contribution >= 0.6 is 0 Å². The van der Waals surface area contributed by atoms with Crippen LogP contribution in [0.1, 0.15) is 0 Å². The third-order valence-electron chi connectivity index (χ3n) is 3.34. The van der Waals surface area contributed by atoms with E-state index in [9.17, 15) is 9.50 Å². The zero-order chi connectivity index (χ0) is 13.6. The van der Waals surface area contributed by atoms with Gasteiger partial charge < -0.3 is 30.9 Å². The number of halogens is 1. The largest absolute Gasteiger partial charge is 0.394 e. The molecule has 0 radical (unpaired) electrons. The number of fused-ring (bicyclic) bond motifs is 1. The summed E-state index contributed by atoms with van der Waals surface area (Å²) in [6.45, 7) is -0.202. The number of hydrogen-bond donors (Lipinski definition) is 4. The van der Waals surface area contributed by atoms with Crippen molar-refractivity contribution in [2.45, 2.75) is 24.6 Å². The van der Waals surface area contributed by atoms with E-state index in [1.165, 1.54) is 11.2 Å². The Bertz CT molecular complexity index is 490. The van der Waals surface area contributed by atoms with E-state index < -0.39 is 31.2 Å². The fourth-order valence-corrected chi connectivity index (χ4v) is 2.33. The van der Waals surface area contributed by atoms with Gasteiger partial charge in [0.1, 0.15) is 24.2 Å². The number of aliphatic hydroxyl groups excluding tert-OH is 2. The fraction of sp³-hybridized carbons (Fsp3) is 0.600. The first kappa shape index (κ1) is 12.3. The molecule has 1 aromatic rings. The quantitative estimate of drug-likeness (QED) is 0.522. The molecular formula is C10H14FN5O3. The number of alkyl halides is 1. The van der Waals surface area contributed by atoms with Gasteiger partial charge in [-0.1, -0.05) is 0 Å². The van der Waals surface area contributed by atoms with Gasteiger partial charge in [-0.25, -0.2) is 14.4 Å². The summed E-state index contributed by atoms with van der Waals surface area (Å²) in [6, 6.07) is 0. The fourth-order valence-electron chi connectivity index (χ4n) is 2.33. The molecule has 1 aromatic heterocycles. The third-order valence-corrected chi connectivity index (χ3v) is 3.34. The highest BCUT2D eigenvalue weighted by atomic mass is 19.1. The maximum Gasteiger partial charge on any atom is 0.173 e. The SMILES string of the molecule is Nc1ncnc2c1NCN2[C@@H]1O[C@H](CO)[C@@H](O)[C@H]1F. The van der Waals surface area contributed by atoms with E-state index >= 15 is 0 Å². The zero-order valence-electron chi connectivity index (χ0n) is 9.90. The molecule has 1 fully saturated rings. The van der Waals surface area contributed by atoms with E-state index in [2.05, 4.69) is 15.3 Å². The van der Waals surface area contributed by atoms with Gasteiger partial charge in [0.15, 0.2) is 24.0 Å². The monoisotopic (exact) mass is 271 g/mol. The first-order valence-electron chi connectivity index (χ1n) is 5.83. The van der Waals surface area contributed by atoms with Crippen LogP contribution in [0.25, 0.3) is 0 Å². The predicted molar refractivity (Wildman–Crippen MR) is 64.1 cm³/mol. The molecule has 2 aliphatic heterocycles. The lowest BCUT2D eigenvalue weighted by molar-refractivity contribution is -0.0219. The molecule has 9 heteroatoms. The molecule has 0 bridgehead atoms. The van der Waals surface area contributed by atoms with Crippen molar-refractivity contribution in [2.24, 2.45) is 0 Å². The average Bonchev–Trinajstić information content (AvgIpc) is 2.94. The van der Waals surface area contributed by atoms with E-state index in [0.717, 1.165) is 0 Å². The molecule has 0 aromatic carbocycles. The Morgan fingerprint density at radius 2 is 2.37 bits per heavy atom. The summed E-state index contributed by atoms with van der Waals surface area (Å²) >= 11 is 0. The molecule has 8 nitrogen and oxygen atoms in total. The third kappa shape index (κ3) is 1.78. The Balaban J connectivity index is 1.88. The Kier molecular flexibility index (Phi) is 2.88. The summed E-state index contributed by atoms with van der Waals surface area (Å²) in [5.41, 5.74) is 6.20. The van der Waals surface area contributed by atoms with Crippen LogP contribution in [0.5, 0.6) is 0 Å². The van der Waals surface area contributed by atoms with Crippen LogP contribution in [0.2, 0.25) is 0 Å². The lowest BCUT2D eigenvalue weighted by Gasteiger charge is -2.25. The summed E-state index contributed by atoms with van der Waals surface area (Å²) in [5.74, 6) is 0.686. The van der Waals surface area contributed by atoms with Crippen molar-refractivity contribution in [2.75, 3.05) is 29.2 Å². The number of aliphatic hydroxyl groups is 2. The van der Waals surface area contributed by atoms with Crippen molar-refractivity contribution in [1.82, 2.24) is 9.97 Å². The van der Waals surface area contributed by atoms with Crippen molar-refractivity contribution in [1.29, 1.82) is 0 Å². The van der Waals surface area contributed by atoms with Crippen LogP contribution in [0.4, 0.5) is 21.7 Å². The standard InChI is InChI=1S/C10H14FN5O3/c11-5-7(18)4(1-17)19-10(5)16-3-15-6-8(12)13-2-14-9(6)16/h2,4-5,7,10,15,17-18H,1,3H2,(H2,12,13,14)/t4-,5-,7-,10-/m1/s1. The van der Waals surface area contributed by atoms with Gasteiger partial charge in [0.2, 0.25) is 0 Å². The summed E-state index contributed by atoms with van der Waals surface area (Å²) in [6.07, 6.45) is -3.69. The smallest absolute Gasteiger partial charge is 0.173 e. The Morgan fingerprint density at radius 3 is 3.05 bits per heavy atom. The van der Waals surface area contributed by atoms with E-state index in [0.29, 0.717) is 11.5 Å². The van der Waals surface area contributed by atoms with Gasteiger partial charge >= 0.3 is 0 Å². The summed E-state index contributed by atoms with van der Waals surface area (Å²) < 4.78 is 19.4. The molecule has 2 aliphatic rings. The van der Waals surface area contributed by atoms with Crippen LogP contribution in [0, 0.1) is 0 Å². The minimum Gasteiger partial charge on any atom is -0.394 e. The molecule has 104 valence electrons. The van der Waals surface area contributed by atoms with Gasteiger partial charge in [-0.05, 0) is 0 Å². The van der Waals surface area contributed by atoms with Crippen LogP contribution in [-0.4, -0.2) is 58.1 Å². The van der Waals surface area contributed by atoms with Crippen molar-refractivity contribution >= 4 is 17.3 Å². The molecule has 1 saturated heterocycles. The summed E-state index contributed by atoms with van der Waals surface area (Å²) in [7, 11) is 0. The number of aromatic nitrogens is 2. The summed E-state index contributed by atoms with van der Waals surface area (Å²) in [4.78, 5) is 9.38. The molecular weight excluding hydrogens is 257 g/mol. The molecule has 0 amide bonds. The van der Waals surface area contributed by atoms with Crippen molar-refractivity contribution in [3.05, 3.63) is 6.33 Å². The Hall–Kier alpha value is -1.71. The number of nitrogens with zero attached hydrogens (tertiary/aromatic N) is 3. The number of nitrogen functional groups attached to an aromatic ring is 1. The molecule has 4 atom stereocenters.